The summed E-state index contributed by atoms with van der Waals surface area (Å²) in [5, 5.41) is 15.3. The fourth-order valence-corrected chi connectivity index (χ4v) is 3.16. The van der Waals surface area contributed by atoms with E-state index in [2.05, 4.69) is 24.1 Å². The number of nitrogens with one attached hydrogen (secondary N) is 1. The third-order valence-corrected chi connectivity index (χ3v) is 4.81. The number of aromatic nitrogens is 1. The molecule has 8 heteroatoms. The molecule has 3 rings (SSSR count). The molecular weight excluding hydrogens is 384 g/mol. The molecular formula is C22H28N4O4. The maximum Gasteiger partial charge on any atom is 0.433 e. The highest BCUT2D eigenvalue weighted by Gasteiger charge is 2.10. The molecule has 1 aromatic carbocycles. The standard InChI is InChI=1S/C22H26N4O3.H2O/c1-3-25(4-2)16-6-15-23-20-8-5-7-17-9-10-18(24-22(17)20)11-12-19-13-14-21(29-19)26(27)28;/h5,7-14,23H,3-4,6,15-16H2,1-2H3;1H2/b12-11+;. The summed E-state index contributed by atoms with van der Waals surface area (Å²) in [6.07, 6.45) is 4.54. The van der Waals surface area contributed by atoms with Crippen molar-refractivity contribution in [1.29, 1.82) is 0 Å². The molecule has 2 heterocycles. The number of anilines is 1. The molecule has 0 saturated carbocycles. The number of nitrogens with zero attached hydrogens (tertiary/aromatic N) is 3. The summed E-state index contributed by atoms with van der Waals surface area (Å²) < 4.78 is 5.15. The third kappa shape index (κ3) is 5.88. The van der Waals surface area contributed by atoms with Crippen LogP contribution in [0.2, 0.25) is 0 Å². The Morgan fingerprint density at radius 3 is 2.63 bits per heavy atom. The molecule has 0 fully saturated rings. The summed E-state index contributed by atoms with van der Waals surface area (Å²) in [5.74, 6) is 0.147. The topological polar surface area (TPSA) is 116 Å². The first-order chi connectivity index (χ1) is 14.1. The van der Waals surface area contributed by atoms with E-state index >= 15 is 0 Å². The number of hydrogen-bond acceptors (Lipinski definition) is 6. The third-order valence-electron chi connectivity index (χ3n) is 4.81. The Balaban J connectivity index is 0.00000320. The molecule has 160 valence electrons. The number of para-hydroxylation sites is 1. The van der Waals surface area contributed by atoms with E-state index in [0.717, 1.165) is 54.9 Å². The van der Waals surface area contributed by atoms with Crippen molar-refractivity contribution in [3.63, 3.8) is 0 Å². The number of benzene rings is 1. The van der Waals surface area contributed by atoms with Crippen molar-refractivity contribution >= 4 is 34.6 Å². The molecule has 0 aliphatic carbocycles. The molecule has 3 aromatic rings. The van der Waals surface area contributed by atoms with E-state index in [1.807, 2.05) is 30.3 Å². The first kappa shape index (κ1) is 23.1. The molecule has 0 aliphatic heterocycles. The molecule has 0 aliphatic rings. The van der Waals surface area contributed by atoms with Gasteiger partial charge >= 0.3 is 5.88 Å². The van der Waals surface area contributed by atoms with Gasteiger partial charge in [0.15, 0.2) is 0 Å². The monoisotopic (exact) mass is 412 g/mol. The van der Waals surface area contributed by atoms with Gasteiger partial charge in [-0.25, -0.2) is 4.98 Å². The van der Waals surface area contributed by atoms with Crippen LogP contribution in [0.3, 0.4) is 0 Å². The van der Waals surface area contributed by atoms with Gasteiger partial charge in [-0.3, -0.25) is 10.1 Å². The quantitative estimate of drug-likeness (QED) is 0.303. The van der Waals surface area contributed by atoms with Crippen molar-refractivity contribution in [1.82, 2.24) is 9.88 Å². The van der Waals surface area contributed by atoms with E-state index < -0.39 is 4.92 Å². The van der Waals surface area contributed by atoms with Crippen LogP contribution < -0.4 is 5.32 Å². The van der Waals surface area contributed by atoms with Gasteiger partial charge in [-0.1, -0.05) is 32.0 Å². The van der Waals surface area contributed by atoms with Gasteiger partial charge in [0.2, 0.25) is 0 Å². The number of hydrogen-bond donors (Lipinski definition) is 1. The zero-order chi connectivity index (χ0) is 20.6. The minimum Gasteiger partial charge on any atom is -0.412 e. The van der Waals surface area contributed by atoms with Gasteiger partial charge in [0, 0.05) is 11.9 Å². The fourth-order valence-electron chi connectivity index (χ4n) is 3.16. The van der Waals surface area contributed by atoms with Gasteiger partial charge in [0.05, 0.1) is 23.0 Å². The van der Waals surface area contributed by atoms with E-state index in [4.69, 9.17) is 9.40 Å². The van der Waals surface area contributed by atoms with Gasteiger partial charge < -0.3 is 20.1 Å². The molecule has 0 saturated heterocycles. The second-order valence-electron chi connectivity index (χ2n) is 6.69. The second kappa shape index (κ2) is 11.1. The minimum absolute atomic E-state index is 0. The first-order valence-electron chi connectivity index (χ1n) is 9.89. The normalized spacial score (nSPS) is 11.2. The highest BCUT2D eigenvalue weighted by molar-refractivity contribution is 5.91. The fraction of sp³-hybridized carbons (Fsp3) is 0.318. The van der Waals surface area contributed by atoms with Crippen LogP contribution in [-0.2, 0) is 0 Å². The summed E-state index contributed by atoms with van der Waals surface area (Å²) in [4.78, 5) is 17.3. The number of nitro groups is 1. The lowest BCUT2D eigenvalue weighted by atomic mass is 10.1. The predicted octanol–water partition coefficient (Wildman–Crippen LogP) is 4.23. The minimum atomic E-state index is -0.552. The highest BCUT2D eigenvalue weighted by Crippen LogP contribution is 2.23. The second-order valence-corrected chi connectivity index (χ2v) is 6.69. The van der Waals surface area contributed by atoms with Gasteiger partial charge in [-0.15, -0.1) is 0 Å². The SMILES string of the molecule is CCN(CC)CCCNc1cccc2ccc(/C=C/c3ccc([N+](=O)[O-])o3)nc12.O. The molecule has 8 nitrogen and oxygen atoms in total. The average Bonchev–Trinajstić information content (AvgIpc) is 3.22. The maximum absolute atomic E-state index is 10.7. The van der Waals surface area contributed by atoms with E-state index in [-0.39, 0.29) is 11.4 Å². The first-order valence-corrected chi connectivity index (χ1v) is 9.89. The van der Waals surface area contributed by atoms with Crippen LogP contribution in [0.1, 0.15) is 31.7 Å². The molecule has 2 aromatic heterocycles. The van der Waals surface area contributed by atoms with Crippen molar-refractivity contribution < 1.29 is 14.8 Å². The largest absolute Gasteiger partial charge is 0.433 e. The molecule has 0 unspecified atom stereocenters. The van der Waals surface area contributed by atoms with Crippen molar-refractivity contribution in [3.8, 4) is 0 Å². The van der Waals surface area contributed by atoms with Crippen molar-refractivity contribution in [2.45, 2.75) is 20.3 Å². The predicted molar refractivity (Wildman–Crippen MR) is 121 cm³/mol. The Bertz CT molecular complexity index is 996. The maximum atomic E-state index is 10.7. The summed E-state index contributed by atoms with van der Waals surface area (Å²) in [5.41, 5.74) is 2.67. The molecule has 0 bridgehead atoms. The van der Waals surface area contributed by atoms with Crippen LogP contribution >= 0.6 is 0 Å². The van der Waals surface area contributed by atoms with Crippen molar-refractivity contribution in [3.05, 3.63) is 64.0 Å². The lowest BCUT2D eigenvalue weighted by Crippen LogP contribution is -2.25. The Morgan fingerprint density at radius 2 is 1.93 bits per heavy atom. The number of fused-ring (bicyclic) bond motifs is 1. The van der Waals surface area contributed by atoms with Crippen LogP contribution in [0.4, 0.5) is 11.6 Å². The molecule has 30 heavy (non-hydrogen) atoms. The van der Waals surface area contributed by atoms with Crippen LogP contribution in [0.5, 0.6) is 0 Å². The molecule has 0 radical (unpaired) electrons. The molecule has 0 atom stereocenters. The lowest BCUT2D eigenvalue weighted by Gasteiger charge is -2.18. The lowest BCUT2D eigenvalue weighted by molar-refractivity contribution is -0.402. The summed E-state index contributed by atoms with van der Waals surface area (Å²) in [6.45, 7) is 8.46. The van der Waals surface area contributed by atoms with Gasteiger partial charge in [-0.05, 0) is 56.4 Å². The Hall–Kier alpha value is -3.23. The van der Waals surface area contributed by atoms with E-state index in [1.165, 1.54) is 6.07 Å². The Morgan fingerprint density at radius 1 is 1.13 bits per heavy atom. The van der Waals surface area contributed by atoms with Crippen LogP contribution in [0.15, 0.2) is 46.9 Å². The summed E-state index contributed by atoms with van der Waals surface area (Å²) in [7, 11) is 0. The zero-order valence-electron chi connectivity index (χ0n) is 17.3. The van der Waals surface area contributed by atoms with Gasteiger partial charge in [0.1, 0.15) is 10.7 Å². The molecule has 0 amide bonds. The van der Waals surface area contributed by atoms with Crippen molar-refractivity contribution in [2.75, 3.05) is 31.5 Å². The zero-order valence-corrected chi connectivity index (χ0v) is 17.3. The summed E-state index contributed by atoms with van der Waals surface area (Å²) in [6, 6.07) is 12.9. The Labute approximate surface area is 175 Å². The number of furan rings is 1. The number of pyridine rings is 1. The van der Waals surface area contributed by atoms with E-state index in [1.54, 1.807) is 18.2 Å². The molecule has 3 N–H and O–H groups in total. The van der Waals surface area contributed by atoms with Crippen molar-refractivity contribution in [2.24, 2.45) is 0 Å². The van der Waals surface area contributed by atoms with Crippen LogP contribution in [0, 0.1) is 10.1 Å². The van der Waals surface area contributed by atoms with E-state index in [9.17, 15) is 10.1 Å². The summed E-state index contributed by atoms with van der Waals surface area (Å²) >= 11 is 0. The molecule has 0 spiro atoms. The van der Waals surface area contributed by atoms with Crippen LogP contribution in [-0.4, -0.2) is 46.5 Å². The Kier molecular flexibility index (Phi) is 8.52. The van der Waals surface area contributed by atoms with E-state index in [0.29, 0.717) is 5.76 Å². The number of rotatable bonds is 10. The smallest absolute Gasteiger partial charge is 0.412 e. The van der Waals surface area contributed by atoms with Crippen LogP contribution in [0.25, 0.3) is 23.1 Å². The van der Waals surface area contributed by atoms with Gasteiger partial charge in [0.25, 0.3) is 0 Å². The average molecular weight is 412 g/mol. The highest BCUT2D eigenvalue weighted by atomic mass is 16.6. The van der Waals surface area contributed by atoms with Gasteiger partial charge in [-0.2, -0.15) is 0 Å².